The predicted octanol–water partition coefficient (Wildman–Crippen LogP) is 2.97. The van der Waals surface area contributed by atoms with Gasteiger partial charge in [-0.15, -0.1) is 0 Å². The Kier molecular flexibility index (Phi) is 3.41. The van der Waals surface area contributed by atoms with Crippen molar-refractivity contribution in [1.82, 2.24) is 9.47 Å². The molecule has 0 aliphatic rings. The van der Waals surface area contributed by atoms with Crippen LogP contribution in [0, 0.1) is 6.92 Å². The molecule has 0 atom stereocenters. The molecule has 1 aromatic carbocycles. The first-order valence-electron chi connectivity index (χ1n) is 6.45. The minimum atomic E-state index is 0.121. The van der Waals surface area contributed by atoms with Gasteiger partial charge in [-0.3, -0.25) is 4.79 Å². The zero-order valence-corrected chi connectivity index (χ0v) is 11.5. The van der Waals surface area contributed by atoms with E-state index in [0.717, 1.165) is 35.2 Å². The molecule has 0 fully saturated rings. The van der Waals surface area contributed by atoms with Gasteiger partial charge in [-0.05, 0) is 32.4 Å². The largest absolute Gasteiger partial charge is 0.339 e. The summed E-state index contributed by atoms with van der Waals surface area (Å²) in [6.45, 7) is 7.55. The molecule has 0 spiro atoms. The Balaban J connectivity index is 2.61. The van der Waals surface area contributed by atoms with Crippen molar-refractivity contribution in [3.8, 4) is 0 Å². The second-order valence-electron chi connectivity index (χ2n) is 4.53. The standard InChI is InChI=1S/C15H20N2O/c1-5-17(6-2)15(18)14-11(3)12-9-7-8-10-13(12)16(14)4/h7-10H,5-6H2,1-4H3. The summed E-state index contributed by atoms with van der Waals surface area (Å²) in [7, 11) is 1.96. The van der Waals surface area contributed by atoms with Crippen molar-refractivity contribution in [3.63, 3.8) is 0 Å². The Labute approximate surface area is 108 Å². The normalized spacial score (nSPS) is 10.9. The third-order valence-electron chi connectivity index (χ3n) is 3.61. The van der Waals surface area contributed by atoms with Crippen LogP contribution in [0.4, 0.5) is 0 Å². The lowest BCUT2D eigenvalue weighted by molar-refractivity contribution is 0.0763. The summed E-state index contributed by atoms with van der Waals surface area (Å²) in [5.74, 6) is 0.121. The molecule has 0 aliphatic heterocycles. The van der Waals surface area contributed by atoms with Crippen LogP contribution in [-0.4, -0.2) is 28.5 Å². The highest BCUT2D eigenvalue weighted by molar-refractivity contribution is 6.01. The van der Waals surface area contributed by atoms with Gasteiger partial charge in [0.1, 0.15) is 5.69 Å². The van der Waals surface area contributed by atoms with Crippen LogP contribution in [0.1, 0.15) is 29.9 Å². The van der Waals surface area contributed by atoms with Crippen LogP contribution < -0.4 is 0 Å². The van der Waals surface area contributed by atoms with Crippen LogP contribution in [0.25, 0.3) is 10.9 Å². The summed E-state index contributed by atoms with van der Waals surface area (Å²) < 4.78 is 2.01. The highest BCUT2D eigenvalue weighted by Gasteiger charge is 2.21. The lowest BCUT2D eigenvalue weighted by Gasteiger charge is -2.19. The Morgan fingerprint density at radius 2 is 1.83 bits per heavy atom. The second-order valence-corrected chi connectivity index (χ2v) is 4.53. The number of amides is 1. The van der Waals surface area contributed by atoms with Gasteiger partial charge in [-0.25, -0.2) is 0 Å². The number of fused-ring (bicyclic) bond motifs is 1. The van der Waals surface area contributed by atoms with Gasteiger partial charge in [0.2, 0.25) is 0 Å². The zero-order valence-electron chi connectivity index (χ0n) is 11.5. The third-order valence-corrected chi connectivity index (χ3v) is 3.61. The maximum absolute atomic E-state index is 12.5. The van der Waals surface area contributed by atoms with Gasteiger partial charge < -0.3 is 9.47 Å². The number of rotatable bonds is 3. The number of aryl methyl sites for hydroxylation is 2. The van der Waals surface area contributed by atoms with Crippen molar-refractivity contribution in [2.75, 3.05) is 13.1 Å². The van der Waals surface area contributed by atoms with Crippen molar-refractivity contribution in [1.29, 1.82) is 0 Å². The maximum atomic E-state index is 12.5. The summed E-state index contributed by atoms with van der Waals surface area (Å²) in [5, 5.41) is 1.16. The quantitative estimate of drug-likeness (QED) is 0.815. The van der Waals surface area contributed by atoms with Crippen LogP contribution in [0.3, 0.4) is 0 Å². The van der Waals surface area contributed by atoms with E-state index in [4.69, 9.17) is 0 Å². The van der Waals surface area contributed by atoms with Crippen LogP contribution in [0.5, 0.6) is 0 Å². The fourth-order valence-electron chi connectivity index (χ4n) is 2.55. The molecule has 3 heteroatoms. The van der Waals surface area contributed by atoms with Gasteiger partial charge in [0.25, 0.3) is 5.91 Å². The zero-order chi connectivity index (χ0) is 13.3. The van der Waals surface area contributed by atoms with Crippen molar-refractivity contribution in [2.24, 2.45) is 7.05 Å². The van der Waals surface area contributed by atoms with Crippen molar-refractivity contribution >= 4 is 16.8 Å². The first kappa shape index (κ1) is 12.7. The number of para-hydroxylation sites is 1. The predicted molar refractivity (Wildman–Crippen MR) is 74.9 cm³/mol. The molecule has 3 nitrogen and oxygen atoms in total. The molecule has 0 bridgehead atoms. The third kappa shape index (κ3) is 1.80. The Bertz CT molecular complexity index is 540. The highest BCUT2D eigenvalue weighted by atomic mass is 16.2. The van der Waals surface area contributed by atoms with Gasteiger partial charge in [-0.2, -0.15) is 0 Å². The summed E-state index contributed by atoms with van der Waals surface area (Å²) in [4.78, 5) is 14.4. The summed E-state index contributed by atoms with van der Waals surface area (Å²) >= 11 is 0. The average Bonchev–Trinajstić information content (AvgIpc) is 2.64. The molecule has 1 heterocycles. The van der Waals surface area contributed by atoms with Crippen LogP contribution in [0.15, 0.2) is 24.3 Å². The van der Waals surface area contributed by atoms with Crippen LogP contribution in [-0.2, 0) is 7.05 Å². The first-order chi connectivity index (χ1) is 8.61. The number of aromatic nitrogens is 1. The highest BCUT2D eigenvalue weighted by Crippen LogP contribution is 2.25. The first-order valence-corrected chi connectivity index (χ1v) is 6.45. The SMILES string of the molecule is CCN(CC)C(=O)c1c(C)c2ccccc2n1C. The lowest BCUT2D eigenvalue weighted by Crippen LogP contribution is -2.32. The molecule has 1 amide bonds. The number of carbonyl (C=O) groups excluding carboxylic acids is 1. The van der Waals surface area contributed by atoms with Crippen molar-refractivity contribution in [2.45, 2.75) is 20.8 Å². The molecule has 2 aromatic rings. The van der Waals surface area contributed by atoms with E-state index in [1.165, 1.54) is 0 Å². The molecule has 0 saturated carbocycles. The van der Waals surface area contributed by atoms with Crippen molar-refractivity contribution < 1.29 is 4.79 Å². The summed E-state index contributed by atoms with van der Waals surface area (Å²) in [6, 6.07) is 8.15. The van der Waals surface area contributed by atoms with E-state index < -0.39 is 0 Å². The van der Waals surface area contributed by atoms with Gasteiger partial charge in [0.05, 0.1) is 0 Å². The Morgan fingerprint density at radius 3 is 2.39 bits per heavy atom. The van der Waals surface area contributed by atoms with E-state index in [1.807, 2.05) is 49.4 Å². The smallest absolute Gasteiger partial charge is 0.270 e. The van der Waals surface area contributed by atoms with E-state index in [1.54, 1.807) is 0 Å². The number of hydrogen-bond acceptors (Lipinski definition) is 1. The average molecular weight is 244 g/mol. The molecule has 0 radical (unpaired) electrons. The molecule has 0 N–H and O–H groups in total. The summed E-state index contributed by atoms with van der Waals surface area (Å²) in [6.07, 6.45) is 0. The Morgan fingerprint density at radius 1 is 1.22 bits per heavy atom. The fourth-order valence-corrected chi connectivity index (χ4v) is 2.55. The number of benzene rings is 1. The monoisotopic (exact) mass is 244 g/mol. The Hall–Kier alpha value is -1.77. The molecule has 1 aromatic heterocycles. The van der Waals surface area contributed by atoms with Gasteiger partial charge in [0.15, 0.2) is 0 Å². The molecular formula is C15H20N2O. The molecule has 2 rings (SSSR count). The number of carbonyl (C=O) groups is 1. The minimum absolute atomic E-state index is 0.121. The van der Waals surface area contributed by atoms with Crippen LogP contribution >= 0.6 is 0 Å². The van der Waals surface area contributed by atoms with Gasteiger partial charge in [-0.1, -0.05) is 18.2 Å². The van der Waals surface area contributed by atoms with E-state index in [-0.39, 0.29) is 5.91 Å². The summed E-state index contributed by atoms with van der Waals surface area (Å²) in [5.41, 5.74) is 3.00. The number of hydrogen-bond donors (Lipinski definition) is 0. The molecular weight excluding hydrogens is 224 g/mol. The lowest BCUT2D eigenvalue weighted by atomic mass is 10.1. The molecule has 96 valence electrons. The second kappa shape index (κ2) is 4.84. The maximum Gasteiger partial charge on any atom is 0.270 e. The van der Waals surface area contributed by atoms with E-state index in [9.17, 15) is 4.79 Å². The molecule has 18 heavy (non-hydrogen) atoms. The van der Waals surface area contributed by atoms with E-state index >= 15 is 0 Å². The van der Waals surface area contributed by atoms with Gasteiger partial charge >= 0.3 is 0 Å². The molecule has 0 aliphatic carbocycles. The molecule has 0 unspecified atom stereocenters. The number of nitrogens with zero attached hydrogens (tertiary/aromatic N) is 2. The molecule has 0 saturated heterocycles. The fraction of sp³-hybridized carbons (Fsp3) is 0.400. The van der Waals surface area contributed by atoms with E-state index in [0.29, 0.717) is 0 Å². The van der Waals surface area contributed by atoms with Gasteiger partial charge in [0, 0.05) is 31.0 Å². The van der Waals surface area contributed by atoms with Crippen molar-refractivity contribution in [3.05, 3.63) is 35.5 Å². The topological polar surface area (TPSA) is 25.2 Å². The van der Waals surface area contributed by atoms with Crippen LogP contribution in [0.2, 0.25) is 0 Å². The minimum Gasteiger partial charge on any atom is -0.339 e. The van der Waals surface area contributed by atoms with E-state index in [2.05, 4.69) is 12.1 Å².